The molecule has 2 heterocycles. The van der Waals surface area contributed by atoms with Crippen molar-refractivity contribution in [1.82, 2.24) is 9.55 Å². The fraction of sp³-hybridized carbons (Fsp3) is 0.276. The molecule has 0 aliphatic carbocycles. The summed E-state index contributed by atoms with van der Waals surface area (Å²) in [4.78, 5) is 33.6. The van der Waals surface area contributed by atoms with Crippen LogP contribution in [-0.4, -0.2) is 27.3 Å². The molecule has 0 N–H and O–H groups in total. The quantitative estimate of drug-likeness (QED) is 0.250. The first-order valence-corrected chi connectivity index (χ1v) is 13.1. The van der Waals surface area contributed by atoms with Gasteiger partial charge in [-0.3, -0.25) is 14.2 Å². The summed E-state index contributed by atoms with van der Waals surface area (Å²) in [5, 5.41) is 1.09. The van der Waals surface area contributed by atoms with Crippen LogP contribution in [0.2, 0.25) is 0 Å². The lowest BCUT2D eigenvalue weighted by atomic mass is 9.98. The lowest BCUT2D eigenvalue weighted by Gasteiger charge is -2.23. The number of hydrogen-bond donors (Lipinski definition) is 0. The minimum atomic E-state index is -0.123. The largest absolute Gasteiger partial charge is 0.308 e. The molecule has 4 aromatic rings. The van der Waals surface area contributed by atoms with Gasteiger partial charge in [0.05, 0.1) is 22.3 Å². The number of nitrogens with zero attached hydrogens (tertiary/aromatic N) is 3. The second-order valence-corrected chi connectivity index (χ2v) is 10.1. The predicted octanol–water partition coefficient (Wildman–Crippen LogP) is 5.97. The average molecular weight is 484 g/mol. The van der Waals surface area contributed by atoms with Gasteiger partial charge in [0.2, 0.25) is 5.91 Å². The van der Waals surface area contributed by atoms with E-state index in [-0.39, 0.29) is 23.3 Å². The van der Waals surface area contributed by atoms with Crippen LogP contribution in [0.15, 0.2) is 82.7 Å². The van der Waals surface area contributed by atoms with Gasteiger partial charge in [0.25, 0.3) is 5.56 Å². The van der Waals surface area contributed by atoms with Crippen molar-refractivity contribution < 1.29 is 4.79 Å². The molecule has 2 atom stereocenters. The molecule has 0 fully saturated rings. The monoisotopic (exact) mass is 483 g/mol. The zero-order valence-electron chi connectivity index (χ0n) is 20.3. The van der Waals surface area contributed by atoms with Crippen molar-refractivity contribution in [2.24, 2.45) is 0 Å². The number of fused-ring (bicyclic) bond motifs is 2. The van der Waals surface area contributed by atoms with Gasteiger partial charge in [-0.2, -0.15) is 0 Å². The van der Waals surface area contributed by atoms with Crippen LogP contribution >= 0.6 is 11.8 Å². The van der Waals surface area contributed by atoms with E-state index in [4.69, 9.17) is 4.98 Å². The van der Waals surface area contributed by atoms with Crippen molar-refractivity contribution in [3.8, 4) is 5.69 Å². The highest BCUT2D eigenvalue weighted by molar-refractivity contribution is 7.99. The third kappa shape index (κ3) is 4.39. The highest BCUT2D eigenvalue weighted by Crippen LogP contribution is 2.33. The van der Waals surface area contributed by atoms with Gasteiger partial charge in [-0.15, -0.1) is 0 Å². The molecule has 0 radical (unpaired) electrons. The van der Waals surface area contributed by atoms with Crippen molar-refractivity contribution in [1.29, 1.82) is 0 Å². The maximum atomic E-state index is 13.6. The van der Waals surface area contributed by atoms with E-state index in [1.165, 1.54) is 22.9 Å². The van der Waals surface area contributed by atoms with Gasteiger partial charge >= 0.3 is 0 Å². The minimum absolute atomic E-state index is 0.0218. The molecular weight excluding hydrogens is 454 g/mol. The number of rotatable bonds is 6. The van der Waals surface area contributed by atoms with Crippen LogP contribution in [-0.2, 0) is 11.2 Å². The first kappa shape index (κ1) is 23.4. The summed E-state index contributed by atoms with van der Waals surface area (Å²) in [5.74, 6) is 0.676. The topological polar surface area (TPSA) is 55.2 Å². The predicted molar refractivity (Wildman–Crippen MR) is 144 cm³/mol. The van der Waals surface area contributed by atoms with Crippen LogP contribution in [0.5, 0.6) is 0 Å². The molecule has 6 heteroatoms. The maximum Gasteiger partial charge on any atom is 0.266 e. The number of anilines is 1. The minimum Gasteiger partial charge on any atom is -0.308 e. The van der Waals surface area contributed by atoms with E-state index in [0.717, 1.165) is 24.2 Å². The van der Waals surface area contributed by atoms with Gasteiger partial charge in [-0.1, -0.05) is 68.1 Å². The molecule has 1 aliphatic heterocycles. The molecule has 0 unspecified atom stereocenters. The maximum absolute atomic E-state index is 13.6. The molecule has 5 nitrogen and oxygen atoms in total. The molecule has 5 rings (SSSR count). The average Bonchev–Trinajstić information content (AvgIpc) is 3.22. The molecule has 35 heavy (non-hydrogen) atoms. The van der Waals surface area contributed by atoms with Crippen LogP contribution in [0.3, 0.4) is 0 Å². The Morgan fingerprint density at radius 1 is 1.06 bits per heavy atom. The number of carbonyl (C=O) groups is 1. The van der Waals surface area contributed by atoms with Crippen molar-refractivity contribution in [2.75, 3.05) is 10.7 Å². The van der Waals surface area contributed by atoms with Crippen LogP contribution in [0, 0.1) is 0 Å². The SMILES string of the molecule is CC[C@@H](C)c1ccc(-n2c(SCC(=O)N3c4ccccc4C[C@@H]3C)nc3ccccc3c2=O)cc1. The van der Waals surface area contributed by atoms with E-state index in [2.05, 4.69) is 39.0 Å². The first-order chi connectivity index (χ1) is 17.0. The number of carbonyl (C=O) groups excluding carboxylic acids is 1. The van der Waals surface area contributed by atoms with Crippen molar-refractivity contribution in [3.05, 3.63) is 94.3 Å². The van der Waals surface area contributed by atoms with Gasteiger partial charge in [-0.05, 0) is 67.1 Å². The Kier molecular flexibility index (Phi) is 6.48. The lowest BCUT2D eigenvalue weighted by Crippen LogP contribution is -2.37. The summed E-state index contributed by atoms with van der Waals surface area (Å²) in [6.45, 7) is 6.44. The Bertz CT molecular complexity index is 1440. The standard InChI is InChI=1S/C29H29N3O2S/c1-4-19(2)21-13-15-23(16-14-21)32-28(34)24-10-6-7-11-25(24)30-29(32)35-18-27(33)31-20(3)17-22-9-5-8-12-26(22)31/h5-16,19-20H,4,17-18H2,1-3H3/t19-,20+/m1/s1. The number of hydrogen-bond acceptors (Lipinski definition) is 4. The van der Waals surface area contributed by atoms with E-state index in [9.17, 15) is 9.59 Å². The van der Waals surface area contributed by atoms with E-state index in [0.29, 0.717) is 22.0 Å². The molecular formula is C29H29N3O2S. The van der Waals surface area contributed by atoms with Crippen LogP contribution in [0.1, 0.15) is 44.2 Å². The fourth-order valence-electron chi connectivity index (χ4n) is 4.77. The first-order valence-electron chi connectivity index (χ1n) is 12.1. The Morgan fingerprint density at radius 2 is 1.77 bits per heavy atom. The summed E-state index contributed by atoms with van der Waals surface area (Å²) in [5.41, 5.74) is 4.69. The van der Waals surface area contributed by atoms with Crippen molar-refractivity contribution >= 4 is 34.3 Å². The Morgan fingerprint density at radius 3 is 2.54 bits per heavy atom. The lowest BCUT2D eigenvalue weighted by molar-refractivity contribution is -0.116. The summed E-state index contributed by atoms with van der Waals surface area (Å²) in [6.07, 6.45) is 1.91. The molecule has 178 valence electrons. The molecule has 0 saturated heterocycles. The Labute approximate surface area is 209 Å². The van der Waals surface area contributed by atoms with Crippen LogP contribution in [0.25, 0.3) is 16.6 Å². The number of amides is 1. The number of para-hydroxylation sites is 2. The number of thioether (sulfide) groups is 1. The van der Waals surface area contributed by atoms with Gasteiger partial charge in [0.15, 0.2) is 5.16 Å². The van der Waals surface area contributed by atoms with Crippen LogP contribution < -0.4 is 10.5 Å². The van der Waals surface area contributed by atoms with Gasteiger partial charge < -0.3 is 4.90 Å². The van der Waals surface area contributed by atoms with Crippen LogP contribution in [0.4, 0.5) is 5.69 Å². The zero-order valence-corrected chi connectivity index (χ0v) is 21.1. The third-order valence-corrected chi connectivity index (χ3v) is 7.80. The molecule has 1 aliphatic rings. The molecule has 1 aromatic heterocycles. The van der Waals surface area contributed by atoms with Crippen molar-refractivity contribution in [3.63, 3.8) is 0 Å². The Balaban J connectivity index is 1.50. The van der Waals surface area contributed by atoms with E-state index < -0.39 is 0 Å². The zero-order chi connectivity index (χ0) is 24.5. The second-order valence-electron chi connectivity index (χ2n) is 9.19. The molecule has 3 aromatic carbocycles. The van der Waals surface area contributed by atoms with Crippen molar-refractivity contribution in [2.45, 2.75) is 50.7 Å². The summed E-state index contributed by atoms with van der Waals surface area (Å²) in [7, 11) is 0. The smallest absolute Gasteiger partial charge is 0.266 e. The van der Waals surface area contributed by atoms with Gasteiger partial charge in [-0.25, -0.2) is 4.98 Å². The summed E-state index contributed by atoms with van der Waals surface area (Å²) in [6, 6.07) is 23.7. The van der Waals surface area contributed by atoms with E-state index in [1.807, 2.05) is 53.4 Å². The normalized spacial score (nSPS) is 15.9. The highest BCUT2D eigenvalue weighted by atomic mass is 32.2. The van der Waals surface area contributed by atoms with Gasteiger partial charge in [0, 0.05) is 11.7 Å². The third-order valence-electron chi connectivity index (χ3n) is 6.88. The summed E-state index contributed by atoms with van der Waals surface area (Å²) < 4.78 is 1.64. The second kappa shape index (κ2) is 9.70. The molecule has 1 amide bonds. The molecule has 0 saturated carbocycles. The number of aromatic nitrogens is 2. The molecule has 0 spiro atoms. The molecule has 0 bridgehead atoms. The van der Waals surface area contributed by atoms with E-state index >= 15 is 0 Å². The van der Waals surface area contributed by atoms with Gasteiger partial charge in [0.1, 0.15) is 0 Å². The Hall–Kier alpha value is -3.38. The van der Waals surface area contributed by atoms with E-state index in [1.54, 1.807) is 10.6 Å². The number of benzene rings is 3. The fourth-order valence-corrected chi connectivity index (χ4v) is 5.64. The highest BCUT2D eigenvalue weighted by Gasteiger charge is 2.30. The summed E-state index contributed by atoms with van der Waals surface area (Å²) >= 11 is 1.32.